The molecule has 1 saturated carbocycles. The Kier molecular flexibility index (Phi) is 4.95. The number of benzene rings is 1. The van der Waals surface area contributed by atoms with Crippen LogP contribution in [-0.2, 0) is 16.1 Å². The first-order valence-corrected chi connectivity index (χ1v) is 8.18. The topological polar surface area (TPSA) is 67.6 Å². The third kappa shape index (κ3) is 3.59. The molecule has 1 aromatic rings. The van der Waals surface area contributed by atoms with Crippen LogP contribution >= 0.6 is 0 Å². The van der Waals surface area contributed by atoms with Gasteiger partial charge in [-0.15, -0.1) is 0 Å². The molecule has 1 aliphatic heterocycles. The van der Waals surface area contributed by atoms with Gasteiger partial charge >= 0.3 is 0 Å². The second kappa shape index (κ2) is 7.11. The highest BCUT2D eigenvalue weighted by Crippen LogP contribution is 2.25. The summed E-state index contributed by atoms with van der Waals surface area (Å²) in [5.41, 5.74) is 8.26. The van der Waals surface area contributed by atoms with Gasteiger partial charge in [0.2, 0.25) is 5.91 Å². The molecule has 0 unspecified atom stereocenters. The van der Waals surface area contributed by atoms with Gasteiger partial charge in [-0.2, -0.15) is 0 Å². The van der Waals surface area contributed by atoms with E-state index < -0.39 is 0 Å². The molecule has 1 heterocycles. The summed E-state index contributed by atoms with van der Waals surface area (Å²) in [7, 11) is 0. The number of amides is 1. The van der Waals surface area contributed by atoms with Crippen molar-refractivity contribution in [2.24, 2.45) is 11.7 Å². The highest BCUT2D eigenvalue weighted by Gasteiger charge is 2.27. The second-order valence-electron chi connectivity index (χ2n) is 6.22. The SMILES string of the molecule is N[C@H]1CC[C@@H](C(=O)NCc2ccccc2N2CCOCC2)C1. The maximum absolute atomic E-state index is 12.3. The number of hydrogen-bond acceptors (Lipinski definition) is 4. The number of anilines is 1. The molecular formula is C17H25N3O2. The van der Waals surface area contributed by atoms with Crippen LogP contribution in [-0.4, -0.2) is 38.3 Å². The van der Waals surface area contributed by atoms with Crippen molar-refractivity contribution in [1.29, 1.82) is 0 Å². The van der Waals surface area contributed by atoms with Crippen molar-refractivity contribution in [1.82, 2.24) is 5.32 Å². The Bertz CT molecular complexity index is 514. The zero-order valence-electron chi connectivity index (χ0n) is 13.0. The molecule has 1 saturated heterocycles. The number of carbonyl (C=O) groups excluding carboxylic acids is 1. The normalized spacial score (nSPS) is 25.2. The summed E-state index contributed by atoms with van der Waals surface area (Å²) in [5, 5.41) is 3.09. The fourth-order valence-corrected chi connectivity index (χ4v) is 3.35. The Morgan fingerprint density at radius 2 is 2.05 bits per heavy atom. The standard InChI is InChI=1S/C17H25N3O2/c18-15-6-5-13(11-15)17(21)19-12-14-3-1-2-4-16(14)20-7-9-22-10-8-20/h1-4,13,15H,5-12,18H2,(H,19,21)/t13-,15+/m1/s1. The summed E-state index contributed by atoms with van der Waals surface area (Å²) >= 11 is 0. The first kappa shape index (κ1) is 15.3. The lowest BCUT2D eigenvalue weighted by atomic mass is 10.1. The molecule has 0 spiro atoms. The van der Waals surface area contributed by atoms with Crippen LogP contribution in [0.1, 0.15) is 24.8 Å². The number of hydrogen-bond donors (Lipinski definition) is 2. The Labute approximate surface area is 131 Å². The van der Waals surface area contributed by atoms with Crippen LogP contribution in [0.15, 0.2) is 24.3 Å². The lowest BCUT2D eigenvalue weighted by Gasteiger charge is -2.30. The highest BCUT2D eigenvalue weighted by atomic mass is 16.5. The van der Waals surface area contributed by atoms with Gasteiger partial charge in [-0.25, -0.2) is 0 Å². The number of carbonyl (C=O) groups is 1. The van der Waals surface area contributed by atoms with E-state index in [1.807, 2.05) is 12.1 Å². The minimum atomic E-state index is 0.0885. The van der Waals surface area contributed by atoms with Gasteiger partial charge in [-0.1, -0.05) is 18.2 Å². The van der Waals surface area contributed by atoms with Gasteiger partial charge in [0.15, 0.2) is 0 Å². The number of para-hydroxylation sites is 1. The van der Waals surface area contributed by atoms with Crippen molar-refractivity contribution >= 4 is 11.6 Å². The summed E-state index contributed by atoms with van der Waals surface area (Å²) < 4.78 is 5.41. The quantitative estimate of drug-likeness (QED) is 0.879. The van der Waals surface area contributed by atoms with Gasteiger partial charge < -0.3 is 20.7 Å². The number of nitrogens with two attached hydrogens (primary N) is 1. The zero-order valence-corrected chi connectivity index (χ0v) is 13.0. The molecule has 0 aromatic heterocycles. The van der Waals surface area contributed by atoms with Crippen molar-refractivity contribution in [3.05, 3.63) is 29.8 Å². The molecule has 5 nitrogen and oxygen atoms in total. The van der Waals surface area contributed by atoms with E-state index in [4.69, 9.17) is 10.5 Å². The van der Waals surface area contributed by atoms with Gasteiger partial charge in [0.1, 0.15) is 0 Å². The molecule has 0 radical (unpaired) electrons. The maximum atomic E-state index is 12.3. The number of morpholine rings is 1. The van der Waals surface area contributed by atoms with Crippen molar-refractivity contribution in [2.75, 3.05) is 31.2 Å². The van der Waals surface area contributed by atoms with Crippen molar-refractivity contribution in [3.63, 3.8) is 0 Å². The van der Waals surface area contributed by atoms with Gasteiger partial charge in [0, 0.05) is 37.3 Å². The molecule has 3 rings (SSSR count). The first-order chi connectivity index (χ1) is 10.7. The van der Waals surface area contributed by atoms with Crippen LogP contribution in [0.4, 0.5) is 5.69 Å². The Morgan fingerprint density at radius 3 is 2.77 bits per heavy atom. The molecule has 1 aromatic carbocycles. The fraction of sp³-hybridized carbons (Fsp3) is 0.588. The molecule has 22 heavy (non-hydrogen) atoms. The van der Waals surface area contributed by atoms with Crippen LogP contribution in [0.25, 0.3) is 0 Å². The molecule has 2 atom stereocenters. The van der Waals surface area contributed by atoms with E-state index in [-0.39, 0.29) is 17.9 Å². The molecule has 2 fully saturated rings. The summed E-state index contributed by atoms with van der Waals surface area (Å²) in [6.07, 6.45) is 2.69. The molecule has 1 amide bonds. The van der Waals surface area contributed by atoms with E-state index in [1.54, 1.807) is 0 Å². The van der Waals surface area contributed by atoms with Crippen LogP contribution in [0.2, 0.25) is 0 Å². The second-order valence-corrected chi connectivity index (χ2v) is 6.22. The molecule has 0 bridgehead atoms. The van der Waals surface area contributed by atoms with Gasteiger partial charge in [-0.05, 0) is 30.9 Å². The van der Waals surface area contributed by atoms with E-state index in [1.165, 1.54) is 11.3 Å². The summed E-state index contributed by atoms with van der Waals surface area (Å²) in [6, 6.07) is 8.48. The molecule has 2 aliphatic rings. The van der Waals surface area contributed by atoms with Crippen LogP contribution in [0.3, 0.4) is 0 Å². The van der Waals surface area contributed by atoms with Crippen molar-refractivity contribution in [2.45, 2.75) is 31.8 Å². The number of nitrogens with one attached hydrogen (secondary N) is 1. The van der Waals surface area contributed by atoms with Gasteiger partial charge in [0.05, 0.1) is 13.2 Å². The minimum Gasteiger partial charge on any atom is -0.378 e. The molecule has 120 valence electrons. The Hall–Kier alpha value is -1.59. The van der Waals surface area contributed by atoms with Gasteiger partial charge in [0.25, 0.3) is 0 Å². The largest absolute Gasteiger partial charge is 0.378 e. The zero-order chi connectivity index (χ0) is 15.4. The average molecular weight is 303 g/mol. The van der Waals surface area contributed by atoms with E-state index in [0.29, 0.717) is 6.54 Å². The number of nitrogens with zero attached hydrogens (tertiary/aromatic N) is 1. The van der Waals surface area contributed by atoms with E-state index >= 15 is 0 Å². The van der Waals surface area contributed by atoms with Crippen molar-refractivity contribution < 1.29 is 9.53 Å². The molecule has 1 aliphatic carbocycles. The predicted molar refractivity (Wildman–Crippen MR) is 86.6 cm³/mol. The van der Waals surface area contributed by atoms with Crippen LogP contribution in [0.5, 0.6) is 0 Å². The smallest absolute Gasteiger partial charge is 0.223 e. The van der Waals surface area contributed by atoms with Crippen LogP contribution < -0.4 is 16.0 Å². The number of ether oxygens (including phenoxy) is 1. The number of rotatable bonds is 4. The van der Waals surface area contributed by atoms with E-state index in [9.17, 15) is 4.79 Å². The molecule has 3 N–H and O–H groups in total. The van der Waals surface area contributed by atoms with Gasteiger partial charge in [-0.3, -0.25) is 4.79 Å². The summed E-state index contributed by atoms with van der Waals surface area (Å²) in [5.74, 6) is 0.232. The third-order valence-corrected chi connectivity index (χ3v) is 4.64. The molecule has 5 heteroatoms. The monoisotopic (exact) mass is 303 g/mol. The van der Waals surface area contributed by atoms with Crippen LogP contribution in [0, 0.1) is 5.92 Å². The molecular weight excluding hydrogens is 278 g/mol. The Morgan fingerprint density at radius 1 is 1.27 bits per heavy atom. The lowest BCUT2D eigenvalue weighted by Crippen LogP contribution is -2.37. The third-order valence-electron chi connectivity index (χ3n) is 4.64. The highest BCUT2D eigenvalue weighted by molar-refractivity contribution is 5.79. The summed E-state index contributed by atoms with van der Waals surface area (Å²) in [6.45, 7) is 3.92. The maximum Gasteiger partial charge on any atom is 0.223 e. The Balaban J connectivity index is 1.61. The van der Waals surface area contributed by atoms with E-state index in [0.717, 1.165) is 45.6 Å². The summed E-state index contributed by atoms with van der Waals surface area (Å²) in [4.78, 5) is 14.6. The average Bonchev–Trinajstić information content (AvgIpc) is 3.00. The lowest BCUT2D eigenvalue weighted by molar-refractivity contribution is -0.125. The fourth-order valence-electron chi connectivity index (χ4n) is 3.35. The van der Waals surface area contributed by atoms with E-state index in [2.05, 4.69) is 22.3 Å². The minimum absolute atomic E-state index is 0.0885. The first-order valence-electron chi connectivity index (χ1n) is 8.18. The van der Waals surface area contributed by atoms with Crippen molar-refractivity contribution in [3.8, 4) is 0 Å². The predicted octanol–water partition coefficient (Wildman–Crippen LogP) is 1.27.